The van der Waals surface area contributed by atoms with E-state index in [9.17, 15) is 5.11 Å². The van der Waals surface area contributed by atoms with Gasteiger partial charge in [0.25, 0.3) is 0 Å². The Morgan fingerprint density at radius 2 is 1.86 bits per heavy atom. The summed E-state index contributed by atoms with van der Waals surface area (Å²) in [4.78, 5) is 0. The number of ether oxygens (including phenoxy) is 4. The van der Waals surface area contributed by atoms with E-state index in [1.165, 1.54) is 0 Å². The van der Waals surface area contributed by atoms with Gasteiger partial charge in [-0.1, -0.05) is 39.0 Å². The van der Waals surface area contributed by atoms with Crippen LogP contribution in [0.15, 0.2) is 23.8 Å². The van der Waals surface area contributed by atoms with Crippen molar-refractivity contribution in [3.63, 3.8) is 0 Å². The first-order valence-corrected chi connectivity index (χ1v) is 11.1. The molecule has 2 rings (SSSR count). The maximum absolute atomic E-state index is 11.0. The molecule has 0 aromatic carbocycles. The lowest BCUT2D eigenvalue weighted by atomic mass is 9.60. The molecule has 168 valence electrons. The van der Waals surface area contributed by atoms with E-state index in [4.69, 9.17) is 18.9 Å². The van der Waals surface area contributed by atoms with Crippen LogP contribution in [0.2, 0.25) is 0 Å². The van der Waals surface area contributed by atoms with Crippen LogP contribution in [0.4, 0.5) is 0 Å². The zero-order chi connectivity index (χ0) is 21.6. The van der Waals surface area contributed by atoms with Gasteiger partial charge in [-0.2, -0.15) is 0 Å². The Labute approximate surface area is 177 Å². The van der Waals surface area contributed by atoms with Crippen LogP contribution in [-0.2, 0) is 18.9 Å². The Kier molecular flexibility index (Phi) is 9.36. The summed E-state index contributed by atoms with van der Waals surface area (Å²) in [6.07, 6.45) is 10.8. The predicted molar refractivity (Wildman–Crippen MR) is 116 cm³/mol. The summed E-state index contributed by atoms with van der Waals surface area (Å²) >= 11 is 0. The molecule has 1 saturated carbocycles. The minimum atomic E-state index is -0.610. The van der Waals surface area contributed by atoms with Gasteiger partial charge in [0.1, 0.15) is 6.10 Å². The molecule has 0 bridgehead atoms. The van der Waals surface area contributed by atoms with E-state index in [0.717, 1.165) is 37.7 Å². The highest BCUT2D eigenvalue weighted by Crippen LogP contribution is 2.48. The minimum absolute atomic E-state index is 0.0498. The van der Waals surface area contributed by atoms with Gasteiger partial charge in [-0.15, -0.1) is 0 Å². The fourth-order valence-corrected chi connectivity index (χ4v) is 4.88. The summed E-state index contributed by atoms with van der Waals surface area (Å²) in [5.41, 5.74) is 0.501. The molecule has 6 atom stereocenters. The van der Waals surface area contributed by atoms with Gasteiger partial charge in [-0.3, -0.25) is 0 Å². The molecule has 0 aromatic heterocycles. The standard InChI is InChI=1S/C24H42O5/c1-8-20(26-5)18(4)19-14-24(25,15-19)17(3)11-9-10-16(2)23-21(27-6)12-13-22(28-7)29-23/h9-11,17-23,25H,8,12-15H2,1-7H3/b11-9+,16-10+/t17-,18-,19-,20-,21-,22-,23-,24-/m0/s1. The first-order valence-electron chi connectivity index (χ1n) is 11.1. The molecular formula is C24H42O5. The number of methoxy groups -OCH3 is 3. The molecule has 2 fully saturated rings. The van der Waals surface area contributed by atoms with Gasteiger partial charge in [0.15, 0.2) is 6.29 Å². The van der Waals surface area contributed by atoms with Crippen molar-refractivity contribution >= 4 is 0 Å². The number of rotatable bonds is 10. The smallest absolute Gasteiger partial charge is 0.158 e. The highest BCUT2D eigenvalue weighted by atomic mass is 16.7. The first-order chi connectivity index (χ1) is 13.8. The van der Waals surface area contributed by atoms with Crippen LogP contribution in [-0.4, -0.2) is 56.6 Å². The zero-order valence-electron chi connectivity index (χ0n) is 19.4. The molecule has 5 heteroatoms. The van der Waals surface area contributed by atoms with E-state index in [1.54, 1.807) is 21.3 Å². The van der Waals surface area contributed by atoms with Gasteiger partial charge in [0.2, 0.25) is 0 Å². The molecule has 1 N–H and O–H groups in total. The third-order valence-electron chi connectivity index (χ3n) is 7.21. The number of allylic oxidation sites excluding steroid dienone is 2. The Hall–Kier alpha value is -0.720. The van der Waals surface area contributed by atoms with Crippen molar-refractivity contribution in [2.45, 2.75) is 90.0 Å². The van der Waals surface area contributed by atoms with Crippen LogP contribution in [0.1, 0.15) is 59.8 Å². The van der Waals surface area contributed by atoms with Crippen molar-refractivity contribution in [1.82, 2.24) is 0 Å². The van der Waals surface area contributed by atoms with Crippen LogP contribution in [0.5, 0.6) is 0 Å². The van der Waals surface area contributed by atoms with Gasteiger partial charge >= 0.3 is 0 Å². The molecule has 0 spiro atoms. The molecule has 29 heavy (non-hydrogen) atoms. The van der Waals surface area contributed by atoms with Gasteiger partial charge in [-0.25, -0.2) is 0 Å². The Morgan fingerprint density at radius 1 is 1.17 bits per heavy atom. The molecule has 1 aliphatic heterocycles. The van der Waals surface area contributed by atoms with Crippen molar-refractivity contribution < 1.29 is 24.1 Å². The molecule has 1 heterocycles. The van der Waals surface area contributed by atoms with E-state index >= 15 is 0 Å². The third-order valence-corrected chi connectivity index (χ3v) is 7.21. The van der Waals surface area contributed by atoms with Gasteiger partial charge in [0, 0.05) is 33.7 Å². The molecular weight excluding hydrogens is 368 g/mol. The molecule has 0 radical (unpaired) electrons. The second-order valence-corrected chi connectivity index (χ2v) is 8.97. The fraction of sp³-hybridized carbons (Fsp3) is 0.833. The van der Waals surface area contributed by atoms with Crippen molar-refractivity contribution in [1.29, 1.82) is 0 Å². The van der Waals surface area contributed by atoms with Crippen LogP contribution >= 0.6 is 0 Å². The van der Waals surface area contributed by atoms with E-state index in [0.29, 0.717) is 11.8 Å². The van der Waals surface area contributed by atoms with Crippen LogP contribution in [0.3, 0.4) is 0 Å². The van der Waals surface area contributed by atoms with E-state index in [2.05, 4.69) is 39.8 Å². The molecule has 0 unspecified atom stereocenters. The summed E-state index contributed by atoms with van der Waals surface area (Å²) in [5.74, 6) is 1.11. The van der Waals surface area contributed by atoms with Crippen molar-refractivity contribution in [3.05, 3.63) is 23.8 Å². The maximum atomic E-state index is 11.0. The number of hydrogen-bond acceptors (Lipinski definition) is 5. The third kappa shape index (κ3) is 5.92. The fourth-order valence-electron chi connectivity index (χ4n) is 4.88. The average Bonchev–Trinajstić information content (AvgIpc) is 2.71. The van der Waals surface area contributed by atoms with E-state index in [1.807, 2.05) is 6.08 Å². The van der Waals surface area contributed by atoms with Gasteiger partial charge in [0.05, 0.1) is 17.8 Å². The Morgan fingerprint density at radius 3 is 2.41 bits per heavy atom. The normalized spacial score (nSPS) is 36.6. The first kappa shape index (κ1) is 24.5. The van der Waals surface area contributed by atoms with Crippen LogP contribution in [0.25, 0.3) is 0 Å². The van der Waals surface area contributed by atoms with E-state index in [-0.39, 0.29) is 30.5 Å². The molecule has 1 aliphatic carbocycles. The molecule has 0 aromatic rings. The summed E-state index contributed by atoms with van der Waals surface area (Å²) in [6.45, 7) is 8.58. The molecule has 5 nitrogen and oxygen atoms in total. The van der Waals surface area contributed by atoms with Crippen molar-refractivity contribution in [2.24, 2.45) is 17.8 Å². The lowest BCUT2D eigenvalue weighted by Crippen LogP contribution is -2.52. The summed E-state index contributed by atoms with van der Waals surface area (Å²) in [6, 6.07) is 0. The highest BCUT2D eigenvalue weighted by molar-refractivity contribution is 5.18. The summed E-state index contributed by atoms with van der Waals surface area (Å²) in [5, 5.41) is 11.0. The van der Waals surface area contributed by atoms with Crippen molar-refractivity contribution in [2.75, 3.05) is 21.3 Å². The van der Waals surface area contributed by atoms with E-state index < -0.39 is 5.60 Å². The SMILES string of the molecule is CC[C@H](OC)[C@@H](C)[C@H]1C[C@@](O)([C@@H](C)/C=C/C=C(\C)[C@@H]2O[C@H](OC)CC[C@@H]2OC)C1. The minimum Gasteiger partial charge on any atom is -0.389 e. The largest absolute Gasteiger partial charge is 0.389 e. The number of aliphatic hydroxyl groups is 1. The monoisotopic (exact) mass is 410 g/mol. The highest BCUT2D eigenvalue weighted by Gasteiger charge is 2.48. The van der Waals surface area contributed by atoms with Crippen molar-refractivity contribution in [3.8, 4) is 0 Å². The predicted octanol–water partition coefficient (Wildman–Crippen LogP) is 4.49. The second-order valence-electron chi connectivity index (χ2n) is 8.97. The zero-order valence-corrected chi connectivity index (χ0v) is 19.4. The van der Waals surface area contributed by atoms with Crippen LogP contribution in [0, 0.1) is 17.8 Å². The summed E-state index contributed by atoms with van der Waals surface area (Å²) in [7, 11) is 5.20. The van der Waals surface area contributed by atoms with Gasteiger partial charge in [-0.05, 0) is 50.0 Å². The van der Waals surface area contributed by atoms with Crippen LogP contribution < -0.4 is 0 Å². The molecule has 0 amide bonds. The quantitative estimate of drug-likeness (QED) is 0.538. The Bertz CT molecular complexity index is 547. The Balaban J connectivity index is 1.92. The lowest BCUT2D eigenvalue weighted by Gasteiger charge is -2.50. The second kappa shape index (κ2) is 11.1. The molecule has 2 aliphatic rings. The van der Waals surface area contributed by atoms with Gasteiger partial charge < -0.3 is 24.1 Å². The lowest BCUT2D eigenvalue weighted by molar-refractivity contribution is -0.205. The summed E-state index contributed by atoms with van der Waals surface area (Å²) < 4.78 is 22.6. The maximum Gasteiger partial charge on any atom is 0.158 e. The topological polar surface area (TPSA) is 57.2 Å². The molecule has 1 saturated heterocycles. The average molecular weight is 411 g/mol. The number of hydrogen-bond donors (Lipinski definition) is 1.